The number of aromatic nitrogens is 1. The Labute approximate surface area is 116 Å². The second kappa shape index (κ2) is 6.35. The minimum Gasteiger partial charge on any atom is -0.383 e. The molecule has 1 aliphatic rings. The standard InChI is InChI=1S/C15H25N3O/c1-12-10-13(17(2)3)11-14(16-12)15-6-5-7-18(15)8-9-19-4/h10-11,15H,5-9H2,1-4H3. The minimum atomic E-state index is 0.453. The summed E-state index contributed by atoms with van der Waals surface area (Å²) in [7, 11) is 5.92. The van der Waals surface area contributed by atoms with E-state index in [9.17, 15) is 0 Å². The summed E-state index contributed by atoms with van der Waals surface area (Å²) in [5.74, 6) is 0. The summed E-state index contributed by atoms with van der Waals surface area (Å²) < 4.78 is 5.20. The van der Waals surface area contributed by atoms with E-state index in [1.165, 1.54) is 24.2 Å². The Bertz CT molecular complexity index is 420. The van der Waals surface area contributed by atoms with Gasteiger partial charge in [-0.05, 0) is 38.4 Å². The first-order valence-electron chi connectivity index (χ1n) is 7.00. The Morgan fingerprint density at radius 1 is 1.42 bits per heavy atom. The number of methoxy groups -OCH3 is 1. The molecule has 1 unspecified atom stereocenters. The molecule has 4 heteroatoms. The van der Waals surface area contributed by atoms with Crippen LogP contribution < -0.4 is 4.90 Å². The molecular formula is C15H25N3O. The molecule has 0 aliphatic carbocycles. The number of pyridine rings is 1. The lowest BCUT2D eigenvalue weighted by Crippen LogP contribution is -2.27. The van der Waals surface area contributed by atoms with Crippen molar-refractivity contribution in [1.29, 1.82) is 0 Å². The fraction of sp³-hybridized carbons (Fsp3) is 0.667. The summed E-state index contributed by atoms with van der Waals surface area (Å²) in [6.45, 7) is 5.02. The molecule has 106 valence electrons. The molecule has 19 heavy (non-hydrogen) atoms. The maximum Gasteiger partial charge on any atom is 0.0599 e. The molecule has 0 spiro atoms. The number of likely N-dealkylation sites (tertiary alicyclic amines) is 1. The van der Waals surface area contributed by atoms with Crippen molar-refractivity contribution < 1.29 is 4.74 Å². The second-order valence-corrected chi connectivity index (χ2v) is 5.47. The number of hydrogen-bond acceptors (Lipinski definition) is 4. The highest BCUT2D eigenvalue weighted by atomic mass is 16.5. The summed E-state index contributed by atoms with van der Waals surface area (Å²) >= 11 is 0. The molecule has 2 heterocycles. The molecule has 0 N–H and O–H groups in total. The SMILES string of the molecule is COCCN1CCCC1c1cc(N(C)C)cc(C)n1. The van der Waals surface area contributed by atoms with Crippen LogP contribution in [0.2, 0.25) is 0 Å². The topological polar surface area (TPSA) is 28.6 Å². The molecule has 1 fully saturated rings. The van der Waals surface area contributed by atoms with E-state index in [1.54, 1.807) is 7.11 Å². The predicted octanol–water partition coefficient (Wildman–Crippen LogP) is 2.24. The van der Waals surface area contributed by atoms with Gasteiger partial charge >= 0.3 is 0 Å². The summed E-state index contributed by atoms with van der Waals surface area (Å²) in [6.07, 6.45) is 2.45. The highest BCUT2D eigenvalue weighted by Gasteiger charge is 2.27. The number of aryl methyl sites for hydroxylation is 1. The fourth-order valence-electron chi connectivity index (χ4n) is 2.74. The van der Waals surface area contributed by atoms with Crippen LogP contribution in [-0.4, -0.2) is 50.8 Å². The van der Waals surface area contributed by atoms with Gasteiger partial charge in [-0.3, -0.25) is 9.88 Å². The van der Waals surface area contributed by atoms with Crippen LogP contribution in [0.5, 0.6) is 0 Å². The van der Waals surface area contributed by atoms with Crippen LogP contribution in [0.15, 0.2) is 12.1 Å². The third-order valence-corrected chi connectivity index (χ3v) is 3.76. The molecule has 0 amide bonds. The smallest absolute Gasteiger partial charge is 0.0599 e. The van der Waals surface area contributed by atoms with E-state index in [1.807, 2.05) is 0 Å². The summed E-state index contributed by atoms with van der Waals surface area (Å²) in [4.78, 5) is 9.38. The Kier molecular flexibility index (Phi) is 4.77. The molecule has 0 aromatic carbocycles. The highest BCUT2D eigenvalue weighted by Crippen LogP contribution is 2.32. The van der Waals surface area contributed by atoms with Crippen molar-refractivity contribution in [2.45, 2.75) is 25.8 Å². The Balaban J connectivity index is 2.20. The van der Waals surface area contributed by atoms with Crippen LogP contribution in [0.3, 0.4) is 0 Å². The largest absolute Gasteiger partial charge is 0.383 e. The molecule has 2 rings (SSSR count). The van der Waals surface area contributed by atoms with Crippen LogP contribution >= 0.6 is 0 Å². The fourth-order valence-corrected chi connectivity index (χ4v) is 2.74. The molecule has 1 aromatic rings. The summed E-state index contributed by atoms with van der Waals surface area (Å²) in [5.41, 5.74) is 3.54. The van der Waals surface area contributed by atoms with Crippen molar-refractivity contribution in [1.82, 2.24) is 9.88 Å². The van der Waals surface area contributed by atoms with Gasteiger partial charge in [-0.1, -0.05) is 0 Å². The lowest BCUT2D eigenvalue weighted by molar-refractivity contribution is 0.140. The predicted molar refractivity (Wildman–Crippen MR) is 78.7 cm³/mol. The molecule has 0 radical (unpaired) electrons. The number of hydrogen-bond donors (Lipinski definition) is 0. The number of rotatable bonds is 5. The van der Waals surface area contributed by atoms with Gasteiger partial charge in [0.15, 0.2) is 0 Å². The van der Waals surface area contributed by atoms with Crippen LogP contribution in [0.4, 0.5) is 5.69 Å². The van der Waals surface area contributed by atoms with Crippen molar-refractivity contribution in [3.8, 4) is 0 Å². The first-order valence-corrected chi connectivity index (χ1v) is 7.00. The second-order valence-electron chi connectivity index (χ2n) is 5.47. The van der Waals surface area contributed by atoms with Crippen molar-refractivity contribution in [2.75, 3.05) is 45.8 Å². The normalized spacial score (nSPS) is 19.9. The average molecular weight is 263 g/mol. The maximum atomic E-state index is 5.20. The van der Waals surface area contributed by atoms with E-state index < -0.39 is 0 Å². The molecule has 1 atom stereocenters. The van der Waals surface area contributed by atoms with Crippen molar-refractivity contribution in [2.24, 2.45) is 0 Å². The molecule has 1 aliphatic heterocycles. The van der Waals surface area contributed by atoms with Gasteiger partial charge in [0.25, 0.3) is 0 Å². The van der Waals surface area contributed by atoms with Crippen LogP contribution in [-0.2, 0) is 4.74 Å². The van der Waals surface area contributed by atoms with E-state index >= 15 is 0 Å². The number of nitrogens with zero attached hydrogens (tertiary/aromatic N) is 3. The zero-order valence-electron chi connectivity index (χ0n) is 12.5. The van der Waals surface area contributed by atoms with E-state index in [2.05, 4.69) is 43.0 Å². The van der Waals surface area contributed by atoms with Crippen LogP contribution in [0, 0.1) is 6.92 Å². The van der Waals surface area contributed by atoms with Crippen molar-refractivity contribution >= 4 is 5.69 Å². The Hall–Kier alpha value is -1.13. The van der Waals surface area contributed by atoms with Crippen molar-refractivity contribution in [3.05, 3.63) is 23.5 Å². The zero-order valence-corrected chi connectivity index (χ0v) is 12.5. The van der Waals surface area contributed by atoms with Gasteiger partial charge in [0, 0.05) is 39.1 Å². The van der Waals surface area contributed by atoms with Crippen molar-refractivity contribution in [3.63, 3.8) is 0 Å². The summed E-state index contributed by atoms with van der Waals surface area (Å²) in [5, 5.41) is 0. The molecule has 1 saturated heterocycles. The minimum absolute atomic E-state index is 0.453. The van der Waals surface area contributed by atoms with Crippen LogP contribution in [0.25, 0.3) is 0 Å². The van der Waals surface area contributed by atoms with Crippen LogP contribution in [0.1, 0.15) is 30.3 Å². The number of anilines is 1. The Morgan fingerprint density at radius 2 is 2.21 bits per heavy atom. The maximum absolute atomic E-state index is 5.20. The van der Waals surface area contributed by atoms with Gasteiger partial charge in [-0.25, -0.2) is 0 Å². The highest BCUT2D eigenvalue weighted by molar-refractivity contribution is 5.47. The third kappa shape index (κ3) is 3.45. The van der Waals surface area contributed by atoms with E-state index in [0.717, 1.165) is 25.4 Å². The monoisotopic (exact) mass is 263 g/mol. The lowest BCUT2D eigenvalue weighted by atomic mass is 10.1. The average Bonchev–Trinajstić information content (AvgIpc) is 2.83. The first-order chi connectivity index (χ1) is 9.11. The van der Waals surface area contributed by atoms with E-state index in [4.69, 9.17) is 9.72 Å². The van der Waals surface area contributed by atoms with Gasteiger partial charge in [-0.2, -0.15) is 0 Å². The zero-order chi connectivity index (χ0) is 13.8. The van der Waals surface area contributed by atoms with Gasteiger partial charge in [0.05, 0.1) is 18.3 Å². The quantitative estimate of drug-likeness (QED) is 0.814. The third-order valence-electron chi connectivity index (χ3n) is 3.76. The molecule has 0 bridgehead atoms. The molecular weight excluding hydrogens is 238 g/mol. The number of ether oxygens (including phenoxy) is 1. The van der Waals surface area contributed by atoms with Gasteiger partial charge < -0.3 is 9.64 Å². The lowest BCUT2D eigenvalue weighted by Gasteiger charge is -2.25. The molecule has 4 nitrogen and oxygen atoms in total. The van der Waals surface area contributed by atoms with E-state index in [0.29, 0.717) is 6.04 Å². The van der Waals surface area contributed by atoms with Gasteiger partial charge in [-0.15, -0.1) is 0 Å². The summed E-state index contributed by atoms with van der Waals surface area (Å²) in [6, 6.07) is 4.81. The Morgan fingerprint density at radius 3 is 2.89 bits per heavy atom. The van der Waals surface area contributed by atoms with Gasteiger partial charge in [0.2, 0.25) is 0 Å². The van der Waals surface area contributed by atoms with Gasteiger partial charge in [0.1, 0.15) is 0 Å². The van der Waals surface area contributed by atoms with E-state index in [-0.39, 0.29) is 0 Å². The molecule has 0 saturated carbocycles. The molecule has 1 aromatic heterocycles. The first kappa shape index (κ1) is 14.3.